The van der Waals surface area contributed by atoms with Crippen molar-refractivity contribution in [1.29, 1.82) is 0 Å². The number of aromatic nitrogens is 1. The van der Waals surface area contributed by atoms with Gasteiger partial charge in [-0.3, -0.25) is 0 Å². The molecule has 2 fully saturated rings. The van der Waals surface area contributed by atoms with Gasteiger partial charge in [0.25, 0.3) is 0 Å². The van der Waals surface area contributed by atoms with Crippen LogP contribution < -0.4 is 5.73 Å². The number of nitrogens with zero attached hydrogens (tertiary/aromatic N) is 1. The molecule has 0 atom stereocenters. The molecule has 0 radical (unpaired) electrons. The number of fused-ring (bicyclic) bond motifs is 1. The maximum Gasteiger partial charge on any atom is 0.167 e. The molecule has 3 heteroatoms. The molecule has 16 heavy (non-hydrogen) atoms. The second kappa shape index (κ2) is 2.66. The summed E-state index contributed by atoms with van der Waals surface area (Å²) < 4.78 is 5.35. The fraction of sp³-hybridized carbons (Fsp3) is 0.462. The highest BCUT2D eigenvalue weighted by Gasteiger charge is 2.40. The number of hydrogen-bond donors (Lipinski definition) is 1. The van der Waals surface area contributed by atoms with Crippen molar-refractivity contribution in [2.24, 2.45) is 5.73 Å². The lowest BCUT2D eigenvalue weighted by Gasteiger charge is -2.08. The summed E-state index contributed by atoms with van der Waals surface area (Å²) in [5.74, 6) is 0.629. The minimum Gasteiger partial charge on any atom is -0.356 e. The Labute approximate surface area is 93.6 Å². The Morgan fingerprint density at radius 3 is 2.81 bits per heavy atom. The average molecular weight is 214 g/mol. The molecule has 3 nitrogen and oxygen atoms in total. The van der Waals surface area contributed by atoms with Crippen LogP contribution in [0.2, 0.25) is 0 Å². The molecule has 2 saturated carbocycles. The first-order valence-electron chi connectivity index (χ1n) is 5.95. The molecule has 0 aliphatic heterocycles. The van der Waals surface area contributed by atoms with Crippen LogP contribution in [0.3, 0.4) is 0 Å². The lowest BCUT2D eigenvalue weighted by molar-refractivity contribution is 0.446. The van der Waals surface area contributed by atoms with Gasteiger partial charge in [0.05, 0.1) is 5.69 Å². The Kier molecular flexibility index (Phi) is 1.46. The van der Waals surface area contributed by atoms with Crippen molar-refractivity contribution in [2.45, 2.75) is 37.1 Å². The van der Waals surface area contributed by atoms with Gasteiger partial charge in [0, 0.05) is 16.8 Å². The minimum absolute atomic E-state index is 0.0632. The highest BCUT2D eigenvalue weighted by Crippen LogP contribution is 2.46. The molecule has 2 aromatic rings. The van der Waals surface area contributed by atoms with Gasteiger partial charge in [0.2, 0.25) is 0 Å². The van der Waals surface area contributed by atoms with Crippen molar-refractivity contribution < 1.29 is 4.52 Å². The van der Waals surface area contributed by atoms with E-state index in [-0.39, 0.29) is 5.54 Å². The third-order valence-electron chi connectivity index (χ3n) is 3.83. The first-order valence-corrected chi connectivity index (χ1v) is 5.95. The molecule has 2 aliphatic carbocycles. The van der Waals surface area contributed by atoms with E-state index in [1.54, 1.807) is 0 Å². The molecule has 82 valence electrons. The second-order valence-corrected chi connectivity index (χ2v) is 5.21. The van der Waals surface area contributed by atoms with Crippen LogP contribution in [-0.4, -0.2) is 5.16 Å². The number of nitrogens with two attached hydrogens (primary N) is 1. The van der Waals surface area contributed by atoms with E-state index in [2.05, 4.69) is 17.3 Å². The predicted octanol–water partition coefficient (Wildman–Crippen LogP) is 2.65. The van der Waals surface area contributed by atoms with Crippen LogP contribution in [0.15, 0.2) is 22.7 Å². The molecule has 0 unspecified atom stereocenters. The molecule has 1 aromatic carbocycles. The molecule has 0 saturated heterocycles. The van der Waals surface area contributed by atoms with Crippen molar-refractivity contribution in [2.75, 3.05) is 0 Å². The molecule has 2 aliphatic rings. The molecule has 4 rings (SSSR count). The lowest BCUT2D eigenvalue weighted by atomic mass is 10.0. The van der Waals surface area contributed by atoms with E-state index in [0.29, 0.717) is 5.92 Å². The number of benzene rings is 1. The molecular formula is C13H14N2O. The molecule has 0 bridgehead atoms. The molecular weight excluding hydrogens is 200 g/mol. The van der Waals surface area contributed by atoms with Crippen LogP contribution in [0.25, 0.3) is 11.0 Å². The van der Waals surface area contributed by atoms with Gasteiger partial charge in [-0.05, 0) is 43.4 Å². The van der Waals surface area contributed by atoms with Gasteiger partial charge in [0.1, 0.15) is 0 Å². The Hall–Kier alpha value is -1.35. The molecule has 2 N–H and O–H groups in total. The second-order valence-electron chi connectivity index (χ2n) is 5.21. The van der Waals surface area contributed by atoms with Gasteiger partial charge in [-0.25, -0.2) is 0 Å². The maximum atomic E-state index is 6.22. The van der Waals surface area contributed by atoms with Crippen LogP contribution in [0, 0.1) is 0 Å². The number of rotatable bonds is 2. The summed E-state index contributed by atoms with van der Waals surface area (Å²) >= 11 is 0. The van der Waals surface area contributed by atoms with E-state index in [4.69, 9.17) is 10.3 Å². The van der Waals surface area contributed by atoms with Crippen LogP contribution in [-0.2, 0) is 5.54 Å². The van der Waals surface area contributed by atoms with Gasteiger partial charge in [0.15, 0.2) is 5.58 Å². The summed E-state index contributed by atoms with van der Waals surface area (Å²) in [7, 11) is 0. The number of hydrogen-bond acceptors (Lipinski definition) is 3. The summed E-state index contributed by atoms with van der Waals surface area (Å²) in [6.07, 6.45) is 4.70. The van der Waals surface area contributed by atoms with Crippen LogP contribution in [0.4, 0.5) is 0 Å². The van der Waals surface area contributed by atoms with E-state index >= 15 is 0 Å². The highest BCUT2D eigenvalue weighted by atomic mass is 16.5. The maximum absolute atomic E-state index is 6.22. The van der Waals surface area contributed by atoms with Crippen molar-refractivity contribution in [3.05, 3.63) is 29.5 Å². The monoisotopic (exact) mass is 214 g/mol. The van der Waals surface area contributed by atoms with E-state index in [9.17, 15) is 0 Å². The zero-order chi connectivity index (χ0) is 10.8. The first-order chi connectivity index (χ1) is 7.76. The van der Waals surface area contributed by atoms with Crippen molar-refractivity contribution in [3.8, 4) is 0 Å². The molecule has 0 spiro atoms. The molecule has 1 heterocycles. The SMILES string of the molecule is NC1(c2ccc3onc(C4CC4)c3c2)CC1. The molecule has 0 amide bonds. The van der Waals surface area contributed by atoms with Crippen molar-refractivity contribution in [3.63, 3.8) is 0 Å². The van der Waals surface area contributed by atoms with Crippen molar-refractivity contribution >= 4 is 11.0 Å². The van der Waals surface area contributed by atoms with Crippen LogP contribution in [0.1, 0.15) is 42.9 Å². The third kappa shape index (κ3) is 1.15. The largest absolute Gasteiger partial charge is 0.356 e. The third-order valence-corrected chi connectivity index (χ3v) is 3.83. The topological polar surface area (TPSA) is 52.0 Å². The van der Waals surface area contributed by atoms with Crippen LogP contribution >= 0.6 is 0 Å². The zero-order valence-corrected chi connectivity index (χ0v) is 9.07. The quantitative estimate of drug-likeness (QED) is 0.836. The van der Waals surface area contributed by atoms with Crippen molar-refractivity contribution in [1.82, 2.24) is 5.16 Å². The standard InChI is InChI=1S/C13H14N2O/c14-13(5-6-13)9-3-4-11-10(7-9)12(15-16-11)8-1-2-8/h3-4,7-8H,1-2,5-6,14H2. The summed E-state index contributed by atoms with van der Waals surface area (Å²) in [6, 6.07) is 6.28. The summed E-state index contributed by atoms with van der Waals surface area (Å²) in [5.41, 5.74) is 9.43. The average Bonchev–Trinajstić information content (AvgIpc) is 3.21. The molecule has 1 aromatic heterocycles. The fourth-order valence-corrected chi connectivity index (χ4v) is 2.34. The highest BCUT2D eigenvalue weighted by molar-refractivity contribution is 5.81. The minimum atomic E-state index is -0.0632. The van der Waals surface area contributed by atoms with E-state index in [0.717, 1.165) is 24.1 Å². The summed E-state index contributed by atoms with van der Waals surface area (Å²) in [5, 5.41) is 5.36. The Morgan fingerprint density at radius 1 is 1.31 bits per heavy atom. The normalized spacial score (nSPS) is 22.6. The van der Waals surface area contributed by atoms with Gasteiger partial charge in [-0.15, -0.1) is 0 Å². The van der Waals surface area contributed by atoms with Gasteiger partial charge in [-0.1, -0.05) is 11.2 Å². The smallest absolute Gasteiger partial charge is 0.167 e. The summed E-state index contributed by atoms with van der Waals surface area (Å²) in [4.78, 5) is 0. The summed E-state index contributed by atoms with van der Waals surface area (Å²) in [6.45, 7) is 0. The fourth-order valence-electron chi connectivity index (χ4n) is 2.34. The Morgan fingerprint density at radius 2 is 2.12 bits per heavy atom. The predicted molar refractivity (Wildman–Crippen MR) is 61.1 cm³/mol. The van der Waals surface area contributed by atoms with Gasteiger partial charge >= 0.3 is 0 Å². The van der Waals surface area contributed by atoms with Gasteiger partial charge in [-0.2, -0.15) is 0 Å². The Bertz CT molecular complexity index is 564. The van der Waals surface area contributed by atoms with E-state index < -0.39 is 0 Å². The van der Waals surface area contributed by atoms with E-state index in [1.807, 2.05) is 6.07 Å². The lowest BCUT2D eigenvalue weighted by Crippen LogP contribution is -2.18. The first kappa shape index (κ1) is 8.76. The van der Waals surface area contributed by atoms with E-state index in [1.165, 1.54) is 23.8 Å². The van der Waals surface area contributed by atoms with Crippen LogP contribution in [0.5, 0.6) is 0 Å². The zero-order valence-electron chi connectivity index (χ0n) is 9.07. The van der Waals surface area contributed by atoms with Gasteiger partial charge < -0.3 is 10.3 Å². The Balaban J connectivity index is 1.91.